The first-order chi connectivity index (χ1) is 9.51. The fourth-order valence-corrected chi connectivity index (χ4v) is 2.94. The van der Waals surface area contributed by atoms with Crippen molar-refractivity contribution in [2.75, 3.05) is 7.11 Å². The summed E-state index contributed by atoms with van der Waals surface area (Å²) < 4.78 is 32.7. The number of methoxy groups -OCH3 is 1. The lowest BCUT2D eigenvalue weighted by molar-refractivity contribution is 0.414. The Morgan fingerprint density at radius 3 is 2.50 bits per heavy atom. The number of halogens is 1. The zero-order valence-electron chi connectivity index (χ0n) is 10.8. The molecule has 0 unspecified atom stereocenters. The van der Waals surface area contributed by atoms with Crippen LogP contribution in [0.25, 0.3) is 0 Å². The lowest BCUT2D eigenvalue weighted by atomic mass is 10.2. The van der Waals surface area contributed by atoms with Gasteiger partial charge in [0, 0.05) is 11.0 Å². The second-order valence-electron chi connectivity index (χ2n) is 4.13. The molecule has 0 aliphatic heterocycles. The highest BCUT2D eigenvalue weighted by Crippen LogP contribution is 2.16. The van der Waals surface area contributed by atoms with Crippen LogP contribution >= 0.6 is 15.9 Å². The van der Waals surface area contributed by atoms with Crippen LogP contribution in [0.15, 0.2) is 57.9 Å². The largest absolute Gasteiger partial charge is 0.497 e. The van der Waals surface area contributed by atoms with Crippen molar-refractivity contribution >= 4 is 26.0 Å². The fraction of sp³-hybridized carbons (Fsp3) is 0.143. The molecule has 20 heavy (non-hydrogen) atoms. The molecule has 2 aromatic rings. The minimum atomic E-state index is -3.51. The first-order valence-corrected chi connectivity index (χ1v) is 8.17. The van der Waals surface area contributed by atoms with Crippen LogP contribution in [0.4, 0.5) is 0 Å². The van der Waals surface area contributed by atoms with Crippen molar-refractivity contribution < 1.29 is 13.2 Å². The van der Waals surface area contributed by atoms with Gasteiger partial charge in [0.2, 0.25) is 10.0 Å². The summed E-state index contributed by atoms with van der Waals surface area (Å²) in [5.74, 6) is 0.699. The molecule has 6 heteroatoms. The van der Waals surface area contributed by atoms with Crippen LogP contribution in [0, 0.1) is 0 Å². The molecule has 1 N–H and O–H groups in total. The van der Waals surface area contributed by atoms with Gasteiger partial charge in [-0.25, -0.2) is 13.1 Å². The second-order valence-corrected chi connectivity index (χ2v) is 6.81. The summed E-state index contributed by atoms with van der Waals surface area (Å²) in [4.78, 5) is 0.239. The molecular formula is C14H14BrNO3S. The number of sulfonamides is 1. The van der Waals surface area contributed by atoms with Crippen LogP contribution in [0.3, 0.4) is 0 Å². The van der Waals surface area contributed by atoms with Crippen molar-refractivity contribution in [3.63, 3.8) is 0 Å². The summed E-state index contributed by atoms with van der Waals surface area (Å²) in [6.07, 6.45) is 0. The van der Waals surface area contributed by atoms with Crippen molar-refractivity contribution in [1.82, 2.24) is 4.72 Å². The Kier molecular flexibility index (Phi) is 4.80. The van der Waals surface area contributed by atoms with Crippen LogP contribution in [-0.2, 0) is 16.6 Å². The van der Waals surface area contributed by atoms with Gasteiger partial charge < -0.3 is 4.74 Å². The van der Waals surface area contributed by atoms with Gasteiger partial charge in [-0.3, -0.25) is 0 Å². The Hall–Kier alpha value is -1.37. The minimum absolute atomic E-state index is 0.218. The van der Waals surface area contributed by atoms with Gasteiger partial charge in [0.1, 0.15) is 5.75 Å². The Labute approximate surface area is 127 Å². The highest BCUT2D eigenvalue weighted by Gasteiger charge is 2.13. The highest BCUT2D eigenvalue weighted by atomic mass is 79.9. The van der Waals surface area contributed by atoms with Crippen LogP contribution in [-0.4, -0.2) is 15.5 Å². The van der Waals surface area contributed by atoms with Gasteiger partial charge in [-0.2, -0.15) is 0 Å². The van der Waals surface area contributed by atoms with Gasteiger partial charge in [0.15, 0.2) is 0 Å². The van der Waals surface area contributed by atoms with E-state index in [1.54, 1.807) is 37.4 Å². The molecule has 0 radical (unpaired) electrons. The Balaban J connectivity index is 2.10. The van der Waals surface area contributed by atoms with Gasteiger partial charge in [0.25, 0.3) is 0 Å². The molecule has 2 aromatic carbocycles. The van der Waals surface area contributed by atoms with Crippen LogP contribution in [0.5, 0.6) is 5.75 Å². The summed E-state index contributed by atoms with van der Waals surface area (Å²) in [5, 5.41) is 0. The van der Waals surface area contributed by atoms with Gasteiger partial charge in [-0.05, 0) is 42.0 Å². The van der Waals surface area contributed by atoms with E-state index >= 15 is 0 Å². The number of hydrogen-bond donors (Lipinski definition) is 1. The zero-order valence-corrected chi connectivity index (χ0v) is 13.2. The predicted molar refractivity (Wildman–Crippen MR) is 81.2 cm³/mol. The lowest BCUT2D eigenvalue weighted by Crippen LogP contribution is -2.23. The van der Waals surface area contributed by atoms with E-state index in [-0.39, 0.29) is 11.4 Å². The van der Waals surface area contributed by atoms with Gasteiger partial charge in [-0.15, -0.1) is 0 Å². The molecular weight excluding hydrogens is 342 g/mol. The normalized spacial score (nSPS) is 11.3. The van der Waals surface area contributed by atoms with Gasteiger partial charge in [0.05, 0.1) is 12.0 Å². The topological polar surface area (TPSA) is 55.4 Å². The summed E-state index contributed by atoms with van der Waals surface area (Å²) in [6, 6.07) is 13.8. The van der Waals surface area contributed by atoms with Crippen molar-refractivity contribution in [3.05, 3.63) is 58.6 Å². The number of rotatable bonds is 5. The van der Waals surface area contributed by atoms with Gasteiger partial charge >= 0.3 is 0 Å². The standard InChI is InChI=1S/C14H14BrNO3S/c1-19-13-4-2-3-11(9-13)10-16-20(17,18)14-7-5-12(15)6-8-14/h2-9,16H,10H2,1H3. The number of ether oxygens (including phenoxy) is 1. The molecule has 0 atom stereocenters. The Bertz CT molecular complexity index is 684. The average Bonchev–Trinajstić information content (AvgIpc) is 2.46. The molecule has 0 heterocycles. The van der Waals surface area contributed by atoms with Gasteiger partial charge in [-0.1, -0.05) is 28.1 Å². The van der Waals surface area contributed by atoms with E-state index in [0.717, 1.165) is 10.0 Å². The third-order valence-electron chi connectivity index (χ3n) is 2.72. The van der Waals surface area contributed by atoms with Crippen LogP contribution in [0.2, 0.25) is 0 Å². The van der Waals surface area contributed by atoms with Crippen molar-refractivity contribution in [2.24, 2.45) is 0 Å². The summed E-state index contributed by atoms with van der Waals surface area (Å²) >= 11 is 3.27. The molecule has 0 aromatic heterocycles. The Morgan fingerprint density at radius 1 is 1.15 bits per heavy atom. The average molecular weight is 356 g/mol. The smallest absolute Gasteiger partial charge is 0.240 e. The maximum Gasteiger partial charge on any atom is 0.240 e. The first kappa shape index (κ1) is 15.0. The Morgan fingerprint density at radius 2 is 1.85 bits per heavy atom. The molecule has 0 fully saturated rings. The van der Waals surface area contributed by atoms with E-state index in [9.17, 15) is 8.42 Å². The quantitative estimate of drug-likeness (QED) is 0.896. The lowest BCUT2D eigenvalue weighted by Gasteiger charge is -2.08. The molecule has 0 saturated heterocycles. The van der Waals surface area contributed by atoms with E-state index in [1.807, 2.05) is 18.2 Å². The van der Waals surface area contributed by atoms with Crippen molar-refractivity contribution in [2.45, 2.75) is 11.4 Å². The van der Waals surface area contributed by atoms with Crippen molar-refractivity contribution in [3.8, 4) is 5.75 Å². The molecule has 0 aliphatic rings. The maximum atomic E-state index is 12.1. The van der Waals surface area contributed by atoms with E-state index in [0.29, 0.717) is 5.75 Å². The molecule has 0 spiro atoms. The van der Waals surface area contributed by atoms with Crippen LogP contribution in [0.1, 0.15) is 5.56 Å². The summed E-state index contributed by atoms with van der Waals surface area (Å²) in [5.41, 5.74) is 0.838. The summed E-state index contributed by atoms with van der Waals surface area (Å²) in [7, 11) is -1.93. The predicted octanol–water partition coefficient (Wildman–Crippen LogP) is 2.94. The highest BCUT2D eigenvalue weighted by molar-refractivity contribution is 9.10. The number of hydrogen-bond acceptors (Lipinski definition) is 3. The van der Waals surface area contributed by atoms with E-state index in [1.165, 1.54) is 0 Å². The number of benzene rings is 2. The molecule has 0 amide bonds. The molecule has 2 rings (SSSR count). The monoisotopic (exact) mass is 355 g/mol. The molecule has 0 saturated carbocycles. The maximum absolute atomic E-state index is 12.1. The van der Waals surface area contributed by atoms with E-state index in [4.69, 9.17) is 4.74 Å². The van der Waals surface area contributed by atoms with Crippen LogP contribution < -0.4 is 9.46 Å². The van der Waals surface area contributed by atoms with Crippen molar-refractivity contribution in [1.29, 1.82) is 0 Å². The van der Waals surface area contributed by atoms with E-state index < -0.39 is 10.0 Å². The summed E-state index contributed by atoms with van der Waals surface area (Å²) in [6.45, 7) is 0.218. The SMILES string of the molecule is COc1cccc(CNS(=O)(=O)c2ccc(Br)cc2)c1. The first-order valence-electron chi connectivity index (χ1n) is 5.89. The molecule has 106 valence electrons. The molecule has 0 aliphatic carbocycles. The second kappa shape index (κ2) is 6.39. The van der Waals surface area contributed by atoms with E-state index in [2.05, 4.69) is 20.7 Å². The fourth-order valence-electron chi connectivity index (χ4n) is 1.66. The minimum Gasteiger partial charge on any atom is -0.497 e. The third-order valence-corrected chi connectivity index (χ3v) is 4.67. The zero-order chi connectivity index (χ0) is 14.6. The number of nitrogens with one attached hydrogen (secondary N) is 1. The third kappa shape index (κ3) is 3.82. The molecule has 4 nitrogen and oxygen atoms in total. The molecule has 0 bridgehead atoms.